The Kier molecular flexibility index (Phi) is 6.19. The highest BCUT2D eigenvalue weighted by atomic mass is 16.5. The van der Waals surface area contributed by atoms with Gasteiger partial charge in [0.2, 0.25) is 0 Å². The second-order valence-corrected chi connectivity index (χ2v) is 7.38. The Hall–Kier alpha value is -1.75. The normalized spacial score (nSPS) is 24.8. The molecule has 138 valence electrons. The molecule has 0 amide bonds. The lowest BCUT2D eigenvalue weighted by Gasteiger charge is -2.40. The number of aliphatic imine (C=N–C) groups is 1. The maximum atomic E-state index is 5.31. The molecule has 0 aromatic heterocycles. The number of guanidine groups is 1. The SMILES string of the molecule is CN=C(NCC1CC1)NCC1CCCN(C)C1c1ccc(OC)cc1. The van der Waals surface area contributed by atoms with Crippen LogP contribution in [0.4, 0.5) is 0 Å². The van der Waals surface area contributed by atoms with Crippen molar-refractivity contribution in [2.45, 2.75) is 31.7 Å². The van der Waals surface area contributed by atoms with Crippen molar-refractivity contribution in [2.75, 3.05) is 40.8 Å². The van der Waals surface area contributed by atoms with Crippen LogP contribution in [0.5, 0.6) is 5.75 Å². The molecule has 2 aliphatic rings. The van der Waals surface area contributed by atoms with E-state index in [2.05, 4.69) is 51.8 Å². The fourth-order valence-electron chi connectivity index (χ4n) is 3.81. The fourth-order valence-corrected chi connectivity index (χ4v) is 3.81. The van der Waals surface area contributed by atoms with Gasteiger partial charge in [0.1, 0.15) is 5.75 Å². The minimum Gasteiger partial charge on any atom is -0.497 e. The molecule has 25 heavy (non-hydrogen) atoms. The van der Waals surface area contributed by atoms with Gasteiger partial charge in [-0.2, -0.15) is 0 Å². The van der Waals surface area contributed by atoms with Crippen molar-refractivity contribution < 1.29 is 4.74 Å². The number of hydrogen-bond acceptors (Lipinski definition) is 3. The first-order valence-electron chi connectivity index (χ1n) is 9.50. The van der Waals surface area contributed by atoms with Gasteiger partial charge in [-0.25, -0.2) is 0 Å². The Bertz CT molecular complexity index is 568. The van der Waals surface area contributed by atoms with E-state index in [-0.39, 0.29) is 0 Å². The third-order valence-electron chi connectivity index (χ3n) is 5.47. The van der Waals surface area contributed by atoms with Gasteiger partial charge >= 0.3 is 0 Å². The van der Waals surface area contributed by atoms with Gasteiger partial charge in [0, 0.05) is 26.2 Å². The number of methoxy groups -OCH3 is 1. The summed E-state index contributed by atoms with van der Waals surface area (Å²) in [6.45, 7) is 3.15. The van der Waals surface area contributed by atoms with E-state index in [1.807, 2.05) is 7.05 Å². The van der Waals surface area contributed by atoms with E-state index in [4.69, 9.17) is 4.74 Å². The van der Waals surface area contributed by atoms with Crippen LogP contribution in [0.1, 0.15) is 37.3 Å². The first-order chi connectivity index (χ1) is 12.2. The van der Waals surface area contributed by atoms with Crippen LogP contribution in [0.15, 0.2) is 29.3 Å². The van der Waals surface area contributed by atoms with E-state index in [0.29, 0.717) is 12.0 Å². The molecule has 2 fully saturated rings. The summed E-state index contributed by atoms with van der Waals surface area (Å²) in [6.07, 6.45) is 5.21. The molecular formula is C20H32N4O. The standard InChI is InChI=1S/C20H32N4O/c1-21-20(22-13-15-6-7-15)23-14-17-5-4-12-24(2)19(17)16-8-10-18(25-3)11-9-16/h8-11,15,17,19H,4-7,12-14H2,1-3H3,(H2,21,22,23). The number of ether oxygens (including phenoxy) is 1. The number of likely N-dealkylation sites (tertiary alicyclic amines) is 1. The number of hydrogen-bond donors (Lipinski definition) is 2. The molecule has 0 radical (unpaired) electrons. The van der Waals surface area contributed by atoms with E-state index >= 15 is 0 Å². The van der Waals surface area contributed by atoms with Gasteiger partial charge in [-0.05, 0) is 68.8 Å². The Labute approximate surface area is 151 Å². The van der Waals surface area contributed by atoms with E-state index in [9.17, 15) is 0 Å². The van der Waals surface area contributed by atoms with Gasteiger partial charge in [-0.15, -0.1) is 0 Å². The van der Waals surface area contributed by atoms with Gasteiger partial charge < -0.3 is 15.4 Å². The van der Waals surface area contributed by atoms with Crippen LogP contribution in [0.3, 0.4) is 0 Å². The van der Waals surface area contributed by atoms with Crippen molar-refractivity contribution >= 4 is 5.96 Å². The summed E-state index contributed by atoms with van der Waals surface area (Å²) in [5.41, 5.74) is 1.37. The average molecular weight is 345 g/mol. The van der Waals surface area contributed by atoms with Crippen molar-refractivity contribution in [3.8, 4) is 5.75 Å². The van der Waals surface area contributed by atoms with Crippen LogP contribution in [-0.2, 0) is 0 Å². The maximum absolute atomic E-state index is 5.31. The molecule has 2 N–H and O–H groups in total. The lowest BCUT2D eigenvalue weighted by atomic mass is 9.85. The second-order valence-electron chi connectivity index (χ2n) is 7.38. The Morgan fingerprint density at radius 1 is 1.16 bits per heavy atom. The van der Waals surface area contributed by atoms with Crippen molar-refractivity contribution in [1.82, 2.24) is 15.5 Å². The highest BCUT2D eigenvalue weighted by Gasteiger charge is 2.30. The molecule has 1 aliphatic heterocycles. The molecule has 1 aliphatic carbocycles. The van der Waals surface area contributed by atoms with E-state index < -0.39 is 0 Å². The van der Waals surface area contributed by atoms with Gasteiger partial charge in [0.25, 0.3) is 0 Å². The van der Waals surface area contributed by atoms with Gasteiger partial charge in [-0.1, -0.05) is 12.1 Å². The smallest absolute Gasteiger partial charge is 0.190 e. The Morgan fingerprint density at radius 3 is 2.52 bits per heavy atom. The topological polar surface area (TPSA) is 48.9 Å². The number of nitrogens with zero attached hydrogens (tertiary/aromatic N) is 2. The minimum absolute atomic E-state index is 0.439. The maximum Gasteiger partial charge on any atom is 0.190 e. The molecule has 2 atom stereocenters. The largest absolute Gasteiger partial charge is 0.497 e. The number of rotatable bonds is 6. The molecule has 0 spiro atoms. The van der Waals surface area contributed by atoms with Gasteiger partial charge in [-0.3, -0.25) is 9.89 Å². The molecule has 0 bridgehead atoms. The summed E-state index contributed by atoms with van der Waals surface area (Å²) < 4.78 is 5.31. The average Bonchev–Trinajstić information content (AvgIpc) is 3.46. The first-order valence-corrected chi connectivity index (χ1v) is 9.50. The summed E-state index contributed by atoms with van der Waals surface area (Å²) in [5, 5.41) is 7.01. The predicted octanol–water partition coefficient (Wildman–Crippen LogP) is 2.65. The zero-order valence-corrected chi connectivity index (χ0v) is 15.8. The molecule has 1 aromatic rings. The highest BCUT2D eigenvalue weighted by molar-refractivity contribution is 5.79. The molecule has 1 aromatic carbocycles. The van der Waals surface area contributed by atoms with Gasteiger partial charge in [0.05, 0.1) is 7.11 Å². The van der Waals surface area contributed by atoms with E-state index in [1.165, 1.54) is 31.2 Å². The minimum atomic E-state index is 0.439. The molecule has 1 heterocycles. The van der Waals surface area contributed by atoms with Crippen LogP contribution in [0.2, 0.25) is 0 Å². The fraction of sp³-hybridized carbons (Fsp3) is 0.650. The van der Waals surface area contributed by atoms with Crippen LogP contribution < -0.4 is 15.4 Å². The summed E-state index contributed by atoms with van der Waals surface area (Å²) in [5.74, 6) is 3.29. The second kappa shape index (κ2) is 8.56. The number of piperidine rings is 1. The molecule has 5 nitrogen and oxygen atoms in total. The lowest BCUT2D eigenvalue weighted by Crippen LogP contribution is -2.45. The third kappa shape index (κ3) is 4.88. The lowest BCUT2D eigenvalue weighted by molar-refractivity contribution is 0.122. The Balaban J connectivity index is 1.62. The quantitative estimate of drug-likeness (QED) is 0.615. The van der Waals surface area contributed by atoms with Crippen LogP contribution >= 0.6 is 0 Å². The van der Waals surface area contributed by atoms with Crippen molar-refractivity contribution in [3.05, 3.63) is 29.8 Å². The van der Waals surface area contributed by atoms with Crippen molar-refractivity contribution in [3.63, 3.8) is 0 Å². The summed E-state index contributed by atoms with van der Waals surface area (Å²) >= 11 is 0. The summed E-state index contributed by atoms with van der Waals surface area (Å²) in [6, 6.07) is 8.99. The number of benzene rings is 1. The molecule has 3 rings (SSSR count). The van der Waals surface area contributed by atoms with Crippen LogP contribution in [0.25, 0.3) is 0 Å². The van der Waals surface area contributed by atoms with Crippen LogP contribution in [-0.4, -0.2) is 51.7 Å². The van der Waals surface area contributed by atoms with E-state index in [0.717, 1.165) is 37.3 Å². The number of nitrogens with one attached hydrogen (secondary N) is 2. The van der Waals surface area contributed by atoms with Crippen LogP contribution in [0, 0.1) is 11.8 Å². The van der Waals surface area contributed by atoms with E-state index in [1.54, 1.807) is 7.11 Å². The summed E-state index contributed by atoms with van der Waals surface area (Å²) in [4.78, 5) is 6.86. The van der Waals surface area contributed by atoms with Gasteiger partial charge in [0.15, 0.2) is 5.96 Å². The molecule has 2 unspecified atom stereocenters. The summed E-state index contributed by atoms with van der Waals surface area (Å²) in [7, 11) is 5.81. The molecule has 5 heteroatoms. The molecular weight excluding hydrogens is 312 g/mol. The third-order valence-corrected chi connectivity index (χ3v) is 5.47. The predicted molar refractivity (Wildman–Crippen MR) is 103 cm³/mol. The zero-order valence-electron chi connectivity index (χ0n) is 15.8. The highest BCUT2D eigenvalue weighted by Crippen LogP contribution is 2.35. The van der Waals surface area contributed by atoms with Crippen molar-refractivity contribution in [1.29, 1.82) is 0 Å². The molecule has 1 saturated heterocycles. The zero-order chi connectivity index (χ0) is 17.6. The first kappa shape index (κ1) is 18.1. The molecule has 1 saturated carbocycles. The Morgan fingerprint density at radius 2 is 1.88 bits per heavy atom. The van der Waals surface area contributed by atoms with Crippen molar-refractivity contribution in [2.24, 2.45) is 16.8 Å². The monoisotopic (exact) mass is 344 g/mol.